The lowest BCUT2D eigenvalue weighted by atomic mass is 9.90. The van der Waals surface area contributed by atoms with E-state index in [1.54, 1.807) is 0 Å². The standard InChI is InChI=1S/C18H18O2/c1-10-7-12(3)18-14(9-16(19)20)13-6-4-5-11(2)17(13)15(18)8-10/h4-8,14H,9H2,1-3H3,(H,19,20). The smallest absolute Gasteiger partial charge is 0.304 e. The maximum absolute atomic E-state index is 11.2. The van der Waals surface area contributed by atoms with Crippen LogP contribution in [0.1, 0.15) is 40.2 Å². The Morgan fingerprint density at radius 3 is 2.60 bits per heavy atom. The molecule has 0 saturated heterocycles. The molecule has 0 aromatic heterocycles. The van der Waals surface area contributed by atoms with Gasteiger partial charge in [-0.3, -0.25) is 4.79 Å². The van der Waals surface area contributed by atoms with Crippen molar-refractivity contribution in [1.29, 1.82) is 0 Å². The maximum Gasteiger partial charge on any atom is 0.304 e. The molecule has 0 radical (unpaired) electrons. The predicted molar refractivity (Wildman–Crippen MR) is 80.2 cm³/mol. The SMILES string of the molecule is Cc1cc(C)c2c(c1)-c1c(C)cccc1C2CC(=O)O. The molecule has 2 heteroatoms. The monoisotopic (exact) mass is 266 g/mol. The normalized spacial score (nSPS) is 15.8. The molecule has 0 spiro atoms. The number of carboxylic acids is 1. The summed E-state index contributed by atoms with van der Waals surface area (Å²) in [5.74, 6) is -0.756. The Balaban J connectivity index is 2.32. The lowest BCUT2D eigenvalue weighted by molar-refractivity contribution is -0.137. The first-order valence-electron chi connectivity index (χ1n) is 6.92. The Hall–Kier alpha value is -2.09. The van der Waals surface area contributed by atoms with Crippen molar-refractivity contribution >= 4 is 5.97 Å². The van der Waals surface area contributed by atoms with Crippen LogP contribution in [-0.2, 0) is 4.79 Å². The van der Waals surface area contributed by atoms with E-state index in [4.69, 9.17) is 0 Å². The van der Waals surface area contributed by atoms with Crippen LogP contribution >= 0.6 is 0 Å². The molecular weight excluding hydrogens is 248 g/mol. The molecule has 2 nitrogen and oxygen atoms in total. The lowest BCUT2D eigenvalue weighted by Crippen LogP contribution is -2.06. The predicted octanol–water partition coefficient (Wildman–Crippen LogP) is 4.20. The number of carboxylic acid groups (broad SMARTS) is 1. The van der Waals surface area contributed by atoms with Gasteiger partial charge in [-0.05, 0) is 54.2 Å². The van der Waals surface area contributed by atoms with Gasteiger partial charge in [-0.15, -0.1) is 0 Å². The molecule has 1 aliphatic carbocycles. The van der Waals surface area contributed by atoms with Gasteiger partial charge in [0.2, 0.25) is 0 Å². The van der Waals surface area contributed by atoms with E-state index in [2.05, 4.69) is 45.0 Å². The molecule has 3 rings (SSSR count). The van der Waals surface area contributed by atoms with Crippen LogP contribution in [0, 0.1) is 20.8 Å². The Morgan fingerprint density at radius 2 is 1.90 bits per heavy atom. The highest BCUT2D eigenvalue weighted by Crippen LogP contribution is 2.49. The molecule has 20 heavy (non-hydrogen) atoms. The van der Waals surface area contributed by atoms with Gasteiger partial charge < -0.3 is 5.11 Å². The molecule has 0 aliphatic heterocycles. The van der Waals surface area contributed by atoms with Crippen molar-refractivity contribution < 1.29 is 9.90 Å². The zero-order valence-electron chi connectivity index (χ0n) is 12.0. The van der Waals surface area contributed by atoms with Crippen molar-refractivity contribution in [3.63, 3.8) is 0 Å². The van der Waals surface area contributed by atoms with Gasteiger partial charge in [0, 0.05) is 5.92 Å². The summed E-state index contributed by atoms with van der Waals surface area (Å²) in [6.45, 7) is 6.28. The van der Waals surface area contributed by atoms with Gasteiger partial charge in [-0.2, -0.15) is 0 Å². The summed E-state index contributed by atoms with van der Waals surface area (Å²) in [7, 11) is 0. The van der Waals surface area contributed by atoms with Crippen LogP contribution in [0.5, 0.6) is 0 Å². The highest BCUT2D eigenvalue weighted by molar-refractivity contribution is 5.85. The van der Waals surface area contributed by atoms with Gasteiger partial charge in [0.25, 0.3) is 0 Å². The summed E-state index contributed by atoms with van der Waals surface area (Å²) >= 11 is 0. The summed E-state index contributed by atoms with van der Waals surface area (Å²) in [4.78, 5) is 11.2. The molecule has 2 aromatic carbocycles. The van der Waals surface area contributed by atoms with E-state index in [0.717, 1.165) is 5.56 Å². The second kappa shape index (κ2) is 4.48. The van der Waals surface area contributed by atoms with Gasteiger partial charge in [0.05, 0.1) is 6.42 Å². The van der Waals surface area contributed by atoms with Crippen LogP contribution in [-0.4, -0.2) is 11.1 Å². The molecule has 1 atom stereocenters. The van der Waals surface area contributed by atoms with Crippen molar-refractivity contribution in [1.82, 2.24) is 0 Å². The fourth-order valence-electron chi connectivity index (χ4n) is 3.54. The molecule has 1 N–H and O–H groups in total. The highest BCUT2D eigenvalue weighted by atomic mass is 16.4. The highest BCUT2D eigenvalue weighted by Gasteiger charge is 2.32. The number of fused-ring (bicyclic) bond motifs is 3. The minimum atomic E-state index is -0.740. The molecule has 0 amide bonds. The Morgan fingerprint density at radius 1 is 1.15 bits per heavy atom. The van der Waals surface area contributed by atoms with Crippen LogP contribution in [0.4, 0.5) is 0 Å². The minimum Gasteiger partial charge on any atom is -0.481 e. The van der Waals surface area contributed by atoms with Gasteiger partial charge in [-0.1, -0.05) is 35.9 Å². The number of aryl methyl sites for hydroxylation is 3. The van der Waals surface area contributed by atoms with Gasteiger partial charge in [0.1, 0.15) is 0 Å². The maximum atomic E-state index is 11.2. The lowest BCUT2D eigenvalue weighted by Gasteiger charge is -2.14. The van der Waals surface area contributed by atoms with E-state index in [0.29, 0.717) is 0 Å². The van der Waals surface area contributed by atoms with E-state index in [1.807, 2.05) is 6.07 Å². The summed E-state index contributed by atoms with van der Waals surface area (Å²) in [6, 6.07) is 10.5. The zero-order chi connectivity index (χ0) is 14.4. The second-order valence-corrected chi connectivity index (χ2v) is 5.73. The number of carbonyl (C=O) groups is 1. The number of benzene rings is 2. The number of aliphatic carboxylic acids is 1. The van der Waals surface area contributed by atoms with Crippen molar-refractivity contribution in [2.75, 3.05) is 0 Å². The Kier molecular flexibility index (Phi) is 2.89. The van der Waals surface area contributed by atoms with Crippen LogP contribution in [0.15, 0.2) is 30.3 Å². The quantitative estimate of drug-likeness (QED) is 0.884. The summed E-state index contributed by atoms with van der Waals surface area (Å²) < 4.78 is 0. The van der Waals surface area contributed by atoms with Crippen molar-refractivity contribution in [2.45, 2.75) is 33.1 Å². The molecule has 102 valence electrons. The average Bonchev–Trinajstić information content (AvgIpc) is 2.64. The largest absolute Gasteiger partial charge is 0.481 e. The molecular formula is C18H18O2. The molecule has 0 heterocycles. The second-order valence-electron chi connectivity index (χ2n) is 5.73. The van der Waals surface area contributed by atoms with E-state index >= 15 is 0 Å². The fraction of sp³-hybridized carbons (Fsp3) is 0.278. The number of hydrogen-bond donors (Lipinski definition) is 1. The van der Waals surface area contributed by atoms with Crippen LogP contribution in [0.3, 0.4) is 0 Å². The Bertz CT molecular complexity index is 714. The minimum absolute atomic E-state index is 0.0157. The first kappa shape index (κ1) is 12.9. The van der Waals surface area contributed by atoms with Crippen LogP contribution in [0.2, 0.25) is 0 Å². The zero-order valence-corrected chi connectivity index (χ0v) is 12.0. The summed E-state index contributed by atoms with van der Waals surface area (Å²) in [6.07, 6.45) is 0.160. The van der Waals surface area contributed by atoms with E-state index in [-0.39, 0.29) is 12.3 Å². The summed E-state index contributed by atoms with van der Waals surface area (Å²) in [5.41, 5.74) is 8.47. The number of hydrogen-bond acceptors (Lipinski definition) is 1. The molecule has 0 bridgehead atoms. The average molecular weight is 266 g/mol. The van der Waals surface area contributed by atoms with E-state index in [1.165, 1.54) is 33.4 Å². The van der Waals surface area contributed by atoms with Gasteiger partial charge >= 0.3 is 5.97 Å². The van der Waals surface area contributed by atoms with Crippen molar-refractivity contribution in [3.8, 4) is 11.1 Å². The number of rotatable bonds is 2. The topological polar surface area (TPSA) is 37.3 Å². The van der Waals surface area contributed by atoms with Gasteiger partial charge in [0.15, 0.2) is 0 Å². The fourth-order valence-corrected chi connectivity index (χ4v) is 3.54. The molecule has 0 fully saturated rings. The van der Waals surface area contributed by atoms with Crippen LogP contribution in [0.25, 0.3) is 11.1 Å². The first-order valence-corrected chi connectivity index (χ1v) is 6.92. The third kappa shape index (κ3) is 1.83. The molecule has 2 aromatic rings. The summed E-state index contributed by atoms with van der Waals surface area (Å²) in [5, 5.41) is 9.24. The first-order chi connectivity index (χ1) is 9.49. The van der Waals surface area contributed by atoms with Crippen LogP contribution < -0.4 is 0 Å². The van der Waals surface area contributed by atoms with E-state index in [9.17, 15) is 9.90 Å². The van der Waals surface area contributed by atoms with Crippen molar-refractivity contribution in [2.24, 2.45) is 0 Å². The third-order valence-corrected chi connectivity index (χ3v) is 4.21. The van der Waals surface area contributed by atoms with Gasteiger partial charge in [-0.25, -0.2) is 0 Å². The van der Waals surface area contributed by atoms with E-state index < -0.39 is 5.97 Å². The van der Waals surface area contributed by atoms with Crippen molar-refractivity contribution in [3.05, 3.63) is 58.1 Å². The molecule has 1 aliphatic rings. The third-order valence-electron chi connectivity index (χ3n) is 4.21. The Labute approximate surface area is 119 Å². The molecule has 1 unspecified atom stereocenters. The molecule has 0 saturated carbocycles.